The van der Waals surface area contributed by atoms with Crippen molar-refractivity contribution >= 4 is 11.9 Å². The number of carbonyl (C=O) groups excluding carboxylic acids is 2. The van der Waals surface area contributed by atoms with Crippen LogP contribution < -0.4 is 5.73 Å². The van der Waals surface area contributed by atoms with Crippen LogP contribution in [0, 0.1) is 0 Å². The lowest BCUT2D eigenvalue weighted by molar-refractivity contribution is -0.299. The monoisotopic (exact) mass is 800 g/mol. The van der Waals surface area contributed by atoms with E-state index < -0.39 is 42.8 Å². The molecule has 0 aromatic carbocycles. The summed E-state index contributed by atoms with van der Waals surface area (Å²) in [5.41, 5.74) is 5.65. The van der Waals surface area contributed by atoms with E-state index in [4.69, 9.17) is 24.7 Å². The number of hydrogen-bond donors (Lipinski definition) is 4. The Morgan fingerprint density at radius 2 is 0.857 bits per heavy atom. The highest BCUT2D eigenvalue weighted by Gasteiger charge is 2.44. The highest BCUT2D eigenvalue weighted by atomic mass is 16.7. The maximum Gasteiger partial charge on any atom is 0.306 e. The molecule has 10 heteroatoms. The van der Waals surface area contributed by atoms with Gasteiger partial charge in [0.15, 0.2) is 12.4 Å². The first-order valence-electron chi connectivity index (χ1n) is 23.7. The van der Waals surface area contributed by atoms with Crippen molar-refractivity contribution in [3.8, 4) is 0 Å². The molecule has 10 nitrogen and oxygen atoms in total. The molecule has 0 aromatic heterocycles. The maximum absolute atomic E-state index is 12.8. The molecule has 0 aliphatic carbocycles. The van der Waals surface area contributed by atoms with Gasteiger partial charge in [-0.1, -0.05) is 200 Å². The first-order chi connectivity index (χ1) is 27.3. The summed E-state index contributed by atoms with van der Waals surface area (Å²) in [5, 5.41) is 30.8. The van der Waals surface area contributed by atoms with Crippen molar-refractivity contribution in [2.75, 3.05) is 19.8 Å². The molecule has 1 fully saturated rings. The summed E-state index contributed by atoms with van der Waals surface area (Å²) >= 11 is 0. The number of aliphatic hydroxyl groups excluding tert-OH is 3. The third-order valence-corrected chi connectivity index (χ3v) is 11.3. The Labute approximate surface area is 343 Å². The standard InChI is InChI=1S/C46H89NO9/c1-3-5-7-9-11-13-15-17-19-21-23-25-27-29-31-33-35-42(49)55-39(38-54-46-45(52)44(51)43(50)40(36-47)56-46)37-53-41(48)34-32-30-28-26-24-22-20-18-16-14-12-10-8-6-4-2/h39-40,43-46,50-52H,3-38,47H2,1-2H3/t39-,40-,43-,44+,45-,46-/m1/s1. The van der Waals surface area contributed by atoms with Crippen LogP contribution in [0.3, 0.4) is 0 Å². The van der Waals surface area contributed by atoms with Crippen LogP contribution in [0.5, 0.6) is 0 Å². The molecule has 0 saturated carbocycles. The molecule has 1 saturated heterocycles. The van der Waals surface area contributed by atoms with Gasteiger partial charge >= 0.3 is 11.9 Å². The van der Waals surface area contributed by atoms with Gasteiger partial charge in [-0.25, -0.2) is 0 Å². The van der Waals surface area contributed by atoms with Gasteiger partial charge in [0.05, 0.1) is 6.61 Å². The Morgan fingerprint density at radius 3 is 1.23 bits per heavy atom. The molecule has 5 N–H and O–H groups in total. The first kappa shape index (κ1) is 52.7. The third kappa shape index (κ3) is 29.0. The van der Waals surface area contributed by atoms with E-state index in [1.54, 1.807) is 0 Å². The minimum absolute atomic E-state index is 0.0839. The average Bonchev–Trinajstić information content (AvgIpc) is 3.19. The SMILES string of the molecule is CCCCCCCCCCCCCCCCCCC(=O)O[C@H](COC(=O)CCCCCCCCCCCCCCCCC)CO[C@@H]1O[C@H](CN)[C@@H](O)[C@H](O)[C@H]1O. The van der Waals surface area contributed by atoms with Crippen LogP contribution in [0.4, 0.5) is 0 Å². The predicted octanol–water partition coefficient (Wildman–Crippen LogP) is 10.1. The van der Waals surface area contributed by atoms with Crippen LogP contribution in [0.25, 0.3) is 0 Å². The van der Waals surface area contributed by atoms with Gasteiger partial charge in [0.1, 0.15) is 31.0 Å². The van der Waals surface area contributed by atoms with Gasteiger partial charge in [-0.2, -0.15) is 0 Å². The number of carbonyl (C=O) groups is 2. The van der Waals surface area contributed by atoms with Crippen molar-refractivity contribution in [1.29, 1.82) is 0 Å². The van der Waals surface area contributed by atoms with E-state index in [1.165, 1.54) is 161 Å². The van der Waals surface area contributed by atoms with Gasteiger partial charge < -0.3 is 40.0 Å². The lowest BCUT2D eigenvalue weighted by Gasteiger charge is -2.40. The number of ether oxygens (including phenoxy) is 4. The molecular formula is C46H89NO9. The smallest absolute Gasteiger partial charge is 0.306 e. The van der Waals surface area contributed by atoms with E-state index in [0.717, 1.165) is 38.5 Å². The average molecular weight is 800 g/mol. The number of esters is 2. The van der Waals surface area contributed by atoms with E-state index in [0.29, 0.717) is 6.42 Å². The zero-order valence-electron chi connectivity index (χ0n) is 36.3. The summed E-state index contributed by atoms with van der Waals surface area (Å²) in [6, 6.07) is 0. The van der Waals surface area contributed by atoms with Gasteiger partial charge in [0.2, 0.25) is 0 Å². The molecule has 0 radical (unpaired) electrons. The zero-order chi connectivity index (χ0) is 40.9. The molecule has 0 amide bonds. The summed E-state index contributed by atoms with van der Waals surface area (Å²) in [6.45, 7) is 4.03. The van der Waals surface area contributed by atoms with Crippen molar-refractivity contribution < 1.29 is 43.9 Å². The van der Waals surface area contributed by atoms with Crippen LogP contribution >= 0.6 is 0 Å². The molecule has 1 heterocycles. The van der Waals surface area contributed by atoms with Gasteiger partial charge in [-0.05, 0) is 12.8 Å². The fourth-order valence-corrected chi connectivity index (χ4v) is 7.53. The zero-order valence-corrected chi connectivity index (χ0v) is 36.3. The van der Waals surface area contributed by atoms with Crippen molar-refractivity contribution in [3.05, 3.63) is 0 Å². The Morgan fingerprint density at radius 1 is 0.500 bits per heavy atom. The minimum Gasteiger partial charge on any atom is -0.462 e. The number of nitrogens with two attached hydrogens (primary N) is 1. The van der Waals surface area contributed by atoms with Crippen LogP contribution in [0.2, 0.25) is 0 Å². The minimum atomic E-state index is -1.53. The second kappa shape index (κ2) is 37.9. The van der Waals surface area contributed by atoms with Gasteiger partial charge in [-0.3, -0.25) is 9.59 Å². The molecule has 0 unspecified atom stereocenters. The molecular weight excluding hydrogens is 711 g/mol. The normalized spacial score (nSPS) is 20.3. The summed E-state index contributed by atoms with van der Waals surface area (Å²) in [7, 11) is 0. The predicted molar refractivity (Wildman–Crippen MR) is 226 cm³/mol. The fraction of sp³-hybridized carbons (Fsp3) is 0.957. The Hall–Kier alpha value is -1.30. The summed E-state index contributed by atoms with van der Waals surface area (Å²) in [5.74, 6) is -0.753. The molecule has 332 valence electrons. The Kier molecular flexibility index (Phi) is 35.7. The lowest BCUT2D eigenvalue weighted by Crippen LogP contribution is -2.60. The van der Waals surface area contributed by atoms with Gasteiger partial charge in [-0.15, -0.1) is 0 Å². The van der Waals surface area contributed by atoms with Crippen molar-refractivity contribution in [3.63, 3.8) is 0 Å². The summed E-state index contributed by atoms with van der Waals surface area (Å²) < 4.78 is 22.4. The highest BCUT2D eigenvalue weighted by Crippen LogP contribution is 2.22. The quantitative estimate of drug-likeness (QED) is 0.0347. The first-order valence-corrected chi connectivity index (χ1v) is 23.7. The van der Waals surface area contributed by atoms with Gasteiger partial charge in [0.25, 0.3) is 0 Å². The largest absolute Gasteiger partial charge is 0.462 e. The van der Waals surface area contributed by atoms with Crippen molar-refractivity contribution in [2.45, 2.75) is 263 Å². The molecule has 1 aliphatic heterocycles. The van der Waals surface area contributed by atoms with E-state index in [1.807, 2.05) is 0 Å². The second-order valence-electron chi connectivity index (χ2n) is 16.6. The number of hydrogen-bond acceptors (Lipinski definition) is 10. The van der Waals surface area contributed by atoms with E-state index in [9.17, 15) is 24.9 Å². The molecule has 6 atom stereocenters. The highest BCUT2D eigenvalue weighted by molar-refractivity contribution is 5.70. The van der Waals surface area contributed by atoms with Crippen LogP contribution in [-0.4, -0.2) is 83.8 Å². The molecule has 0 spiro atoms. The van der Waals surface area contributed by atoms with E-state index in [2.05, 4.69) is 13.8 Å². The Balaban J connectivity index is 2.29. The number of aliphatic hydroxyl groups is 3. The third-order valence-electron chi connectivity index (χ3n) is 11.3. The topological polar surface area (TPSA) is 158 Å². The van der Waals surface area contributed by atoms with Crippen LogP contribution in [0.1, 0.15) is 226 Å². The molecule has 0 bridgehead atoms. The summed E-state index contributed by atoms with van der Waals surface area (Å²) in [4.78, 5) is 25.4. The maximum atomic E-state index is 12.8. The Bertz CT molecular complexity index is 891. The molecule has 0 aromatic rings. The van der Waals surface area contributed by atoms with Crippen LogP contribution in [-0.2, 0) is 28.5 Å². The van der Waals surface area contributed by atoms with E-state index >= 15 is 0 Å². The summed E-state index contributed by atoms with van der Waals surface area (Å²) in [6.07, 6.45) is 31.8. The molecule has 56 heavy (non-hydrogen) atoms. The number of unbranched alkanes of at least 4 members (excludes halogenated alkanes) is 29. The van der Waals surface area contributed by atoms with Crippen molar-refractivity contribution in [1.82, 2.24) is 0 Å². The van der Waals surface area contributed by atoms with Gasteiger partial charge in [0, 0.05) is 19.4 Å². The lowest BCUT2D eigenvalue weighted by atomic mass is 9.99. The fourth-order valence-electron chi connectivity index (χ4n) is 7.53. The van der Waals surface area contributed by atoms with E-state index in [-0.39, 0.29) is 32.1 Å². The second-order valence-corrected chi connectivity index (χ2v) is 16.6. The van der Waals surface area contributed by atoms with Crippen molar-refractivity contribution in [2.24, 2.45) is 5.73 Å². The molecule has 1 aliphatic rings. The molecule has 1 rings (SSSR count). The van der Waals surface area contributed by atoms with Crippen LogP contribution in [0.15, 0.2) is 0 Å². The number of rotatable bonds is 40.